The average Bonchev–Trinajstić information content (AvgIpc) is 3.30. The maximum absolute atomic E-state index is 12.0. The molecule has 0 saturated carbocycles. The number of amides is 2. The minimum absolute atomic E-state index is 0.225. The Morgan fingerprint density at radius 2 is 1.96 bits per heavy atom. The van der Waals surface area contributed by atoms with Gasteiger partial charge in [-0.1, -0.05) is 6.07 Å². The van der Waals surface area contributed by atoms with Crippen LogP contribution in [0.4, 0.5) is 0 Å². The molecule has 24 heavy (non-hydrogen) atoms. The second-order valence-corrected chi connectivity index (χ2v) is 5.85. The zero-order chi connectivity index (χ0) is 16.8. The van der Waals surface area contributed by atoms with Crippen LogP contribution in [0.15, 0.2) is 48.1 Å². The fourth-order valence-corrected chi connectivity index (χ4v) is 2.73. The minimum Gasteiger partial charge on any atom is -0.350 e. The van der Waals surface area contributed by atoms with Gasteiger partial charge in [0, 0.05) is 25.5 Å². The van der Waals surface area contributed by atoms with Gasteiger partial charge < -0.3 is 10.6 Å². The number of aromatic amines is 1. The van der Waals surface area contributed by atoms with E-state index in [1.165, 1.54) is 6.20 Å². The minimum atomic E-state index is -0.287. The summed E-state index contributed by atoms with van der Waals surface area (Å²) >= 11 is 1.57. The summed E-state index contributed by atoms with van der Waals surface area (Å²) in [6, 6.07) is 8.96. The topological polar surface area (TPSA) is 99.8 Å². The van der Waals surface area contributed by atoms with Gasteiger partial charge in [-0.3, -0.25) is 19.7 Å². The number of nitrogens with zero attached hydrogens (tertiary/aromatic N) is 2. The number of pyridine rings is 1. The van der Waals surface area contributed by atoms with Crippen LogP contribution in [-0.2, 0) is 0 Å². The van der Waals surface area contributed by atoms with E-state index in [1.54, 1.807) is 35.7 Å². The van der Waals surface area contributed by atoms with Crippen LogP contribution >= 0.6 is 11.3 Å². The molecule has 7 nitrogen and oxygen atoms in total. The van der Waals surface area contributed by atoms with E-state index in [1.807, 2.05) is 17.5 Å². The van der Waals surface area contributed by atoms with E-state index in [9.17, 15) is 9.59 Å². The SMILES string of the molecule is O=C(NCCNC(=O)c1cc(-c2cccs2)[nH]n1)c1cccnc1. The lowest BCUT2D eigenvalue weighted by Crippen LogP contribution is -2.34. The molecule has 0 aromatic carbocycles. The molecular formula is C16H15N5O2S. The van der Waals surface area contributed by atoms with Crippen molar-refractivity contribution in [3.05, 3.63) is 59.4 Å². The molecule has 3 aromatic heterocycles. The molecule has 122 valence electrons. The van der Waals surface area contributed by atoms with E-state index >= 15 is 0 Å². The third-order valence-corrected chi connectivity index (χ3v) is 4.12. The van der Waals surface area contributed by atoms with Crippen LogP contribution in [0, 0.1) is 0 Å². The Kier molecular flexibility index (Phi) is 4.97. The molecule has 0 unspecified atom stereocenters. The summed E-state index contributed by atoms with van der Waals surface area (Å²) in [5.74, 6) is -0.512. The van der Waals surface area contributed by atoms with Gasteiger partial charge >= 0.3 is 0 Å². The fourth-order valence-electron chi connectivity index (χ4n) is 2.04. The van der Waals surface area contributed by atoms with Crippen molar-refractivity contribution >= 4 is 23.2 Å². The molecule has 3 heterocycles. The number of thiophene rings is 1. The average molecular weight is 341 g/mol. The Balaban J connectivity index is 1.45. The van der Waals surface area contributed by atoms with Crippen molar-refractivity contribution in [1.29, 1.82) is 0 Å². The molecular weight excluding hydrogens is 326 g/mol. The molecule has 3 rings (SSSR count). The number of aromatic nitrogens is 3. The van der Waals surface area contributed by atoms with Gasteiger partial charge in [0.1, 0.15) is 0 Å². The number of nitrogens with one attached hydrogen (secondary N) is 3. The quantitative estimate of drug-likeness (QED) is 0.594. The summed E-state index contributed by atoms with van der Waals surface area (Å²) in [7, 11) is 0. The molecule has 0 aliphatic rings. The summed E-state index contributed by atoms with van der Waals surface area (Å²) in [5.41, 5.74) is 1.61. The second-order valence-electron chi connectivity index (χ2n) is 4.90. The van der Waals surface area contributed by atoms with Crippen molar-refractivity contribution in [3.63, 3.8) is 0 Å². The van der Waals surface area contributed by atoms with Gasteiger partial charge in [0.05, 0.1) is 16.1 Å². The predicted molar refractivity (Wildman–Crippen MR) is 90.8 cm³/mol. The number of carbonyl (C=O) groups excluding carboxylic acids is 2. The van der Waals surface area contributed by atoms with Crippen molar-refractivity contribution in [1.82, 2.24) is 25.8 Å². The Bertz CT molecular complexity index is 814. The van der Waals surface area contributed by atoms with Gasteiger partial charge in [-0.15, -0.1) is 11.3 Å². The van der Waals surface area contributed by atoms with Gasteiger partial charge in [-0.25, -0.2) is 0 Å². The molecule has 3 aromatic rings. The first-order valence-corrected chi connectivity index (χ1v) is 8.18. The zero-order valence-corrected chi connectivity index (χ0v) is 13.5. The maximum Gasteiger partial charge on any atom is 0.271 e. The molecule has 3 N–H and O–H groups in total. The van der Waals surface area contributed by atoms with Gasteiger partial charge in [0.25, 0.3) is 11.8 Å². The van der Waals surface area contributed by atoms with Gasteiger partial charge in [-0.05, 0) is 29.6 Å². The molecule has 0 saturated heterocycles. The standard InChI is InChI=1S/C16H15N5O2S/c22-15(11-3-1-5-17-10-11)18-6-7-19-16(23)13-9-12(20-21-13)14-4-2-8-24-14/h1-5,8-10H,6-7H2,(H,18,22)(H,19,23)(H,20,21). The second kappa shape index (κ2) is 7.51. The summed E-state index contributed by atoms with van der Waals surface area (Å²) in [6.45, 7) is 0.633. The van der Waals surface area contributed by atoms with Crippen molar-refractivity contribution in [2.45, 2.75) is 0 Å². The molecule has 0 spiro atoms. The highest BCUT2D eigenvalue weighted by atomic mass is 32.1. The number of rotatable bonds is 6. The van der Waals surface area contributed by atoms with Crippen LogP contribution in [0.25, 0.3) is 10.6 Å². The van der Waals surface area contributed by atoms with Crippen LogP contribution in [0.3, 0.4) is 0 Å². The van der Waals surface area contributed by atoms with E-state index in [-0.39, 0.29) is 11.8 Å². The normalized spacial score (nSPS) is 10.3. The van der Waals surface area contributed by atoms with Gasteiger partial charge in [-0.2, -0.15) is 5.10 Å². The first-order valence-electron chi connectivity index (χ1n) is 7.30. The van der Waals surface area contributed by atoms with Gasteiger partial charge in [0.15, 0.2) is 5.69 Å². The van der Waals surface area contributed by atoms with Crippen LogP contribution in [-0.4, -0.2) is 40.1 Å². The third kappa shape index (κ3) is 3.85. The Morgan fingerprint density at radius 3 is 2.67 bits per heavy atom. The molecule has 0 bridgehead atoms. The Morgan fingerprint density at radius 1 is 1.12 bits per heavy atom. The highest BCUT2D eigenvalue weighted by Gasteiger charge is 2.11. The van der Waals surface area contributed by atoms with E-state index in [2.05, 4.69) is 25.8 Å². The van der Waals surface area contributed by atoms with E-state index in [4.69, 9.17) is 0 Å². The number of H-pyrrole nitrogens is 1. The summed E-state index contributed by atoms with van der Waals surface area (Å²) in [4.78, 5) is 28.7. The first kappa shape index (κ1) is 15.9. The lowest BCUT2D eigenvalue weighted by Gasteiger charge is -2.05. The fraction of sp³-hybridized carbons (Fsp3) is 0.125. The van der Waals surface area contributed by atoms with Crippen LogP contribution in [0.1, 0.15) is 20.8 Å². The molecule has 0 fully saturated rings. The molecule has 0 aliphatic carbocycles. The number of carbonyl (C=O) groups is 2. The van der Waals surface area contributed by atoms with Crippen molar-refractivity contribution in [2.75, 3.05) is 13.1 Å². The highest BCUT2D eigenvalue weighted by molar-refractivity contribution is 7.13. The van der Waals surface area contributed by atoms with Crippen LogP contribution < -0.4 is 10.6 Å². The van der Waals surface area contributed by atoms with Crippen molar-refractivity contribution in [3.8, 4) is 10.6 Å². The zero-order valence-electron chi connectivity index (χ0n) is 12.7. The molecule has 2 amide bonds. The van der Waals surface area contributed by atoms with E-state index < -0.39 is 0 Å². The van der Waals surface area contributed by atoms with Crippen molar-refractivity contribution < 1.29 is 9.59 Å². The highest BCUT2D eigenvalue weighted by Crippen LogP contribution is 2.22. The monoisotopic (exact) mass is 341 g/mol. The van der Waals surface area contributed by atoms with Gasteiger partial charge in [0.2, 0.25) is 0 Å². The molecule has 0 radical (unpaired) electrons. The van der Waals surface area contributed by atoms with Crippen LogP contribution in [0.2, 0.25) is 0 Å². The van der Waals surface area contributed by atoms with E-state index in [0.717, 1.165) is 10.6 Å². The lowest BCUT2D eigenvalue weighted by atomic mass is 10.3. The maximum atomic E-state index is 12.0. The number of hydrogen-bond donors (Lipinski definition) is 3. The third-order valence-electron chi connectivity index (χ3n) is 3.22. The summed E-state index contributed by atoms with van der Waals surface area (Å²) < 4.78 is 0. The smallest absolute Gasteiger partial charge is 0.271 e. The summed E-state index contributed by atoms with van der Waals surface area (Å²) in [6.07, 6.45) is 3.09. The number of hydrogen-bond acceptors (Lipinski definition) is 5. The van der Waals surface area contributed by atoms with Crippen molar-refractivity contribution in [2.24, 2.45) is 0 Å². The molecule has 0 atom stereocenters. The Hall–Kier alpha value is -3.00. The largest absolute Gasteiger partial charge is 0.350 e. The predicted octanol–water partition coefficient (Wildman–Crippen LogP) is 1.69. The van der Waals surface area contributed by atoms with Crippen LogP contribution in [0.5, 0.6) is 0 Å². The Labute approximate surface area is 142 Å². The van der Waals surface area contributed by atoms with E-state index in [0.29, 0.717) is 24.3 Å². The molecule has 0 aliphatic heterocycles. The summed E-state index contributed by atoms with van der Waals surface area (Å²) in [5, 5.41) is 14.2. The first-order chi connectivity index (χ1) is 11.7. The molecule has 8 heteroatoms. The lowest BCUT2D eigenvalue weighted by molar-refractivity contribution is 0.0925.